The van der Waals surface area contributed by atoms with Crippen LogP contribution in [0.4, 0.5) is 4.39 Å². The number of ether oxygens (including phenoxy) is 1. The quantitative estimate of drug-likeness (QED) is 0.544. The summed E-state index contributed by atoms with van der Waals surface area (Å²) in [5, 5.41) is 11.3. The maximum atomic E-state index is 13.5. The van der Waals surface area contributed by atoms with Gasteiger partial charge in [0, 0.05) is 11.9 Å². The number of benzene rings is 2. The van der Waals surface area contributed by atoms with Gasteiger partial charge in [0.1, 0.15) is 5.82 Å². The number of fused-ring (bicyclic) bond motifs is 1. The van der Waals surface area contributed by atoms with Crippen LogP contribution in [0.3, 0.4) is 0 Å². The Morgan fingerprint density at radius 1 is 1.23 bits per heavy atom. The van der Waals surface area contributed by atoms with Crippen LogP contribution in [-0.2, 0) is 4.79 Å². The van der Waals surface area contributed by atoms with E-state index in [1.807, 2.05) is 6.92 Å². The Kier molecular flexibility index (Phi) is 5.50. The summed E-state index contributed by atoms with van der Waals surface area (Å²) in [6.07, 6.45) is 1.52. The van der Waals surface area contributed by atoms with E-state index in [0.29, 0.717) is 35.2 Å². The number of para-hydroxylation sites is 1. The Hall–Kier alpha value is -3.61. The number of methoxy groups -OCH3 is 1. The highest BCUT2D eigenvalue weighted by atomic mass is 19.1. The van der Waals surface area contributed by atoms with E-state index in [4.69, 9.17) is 9.15 Å². The molecule has 7 heteroatoms. The zero-order chi connectivity index (χ0) is 22.1. The summed E-state index contributed by atoms with van der Waals surface area (Å²) >= 11 is 0. The Labute approximate surface area is 178 Å². The Morgan fingerprint density at radius 3 is 2.65 bits per heavy atom. The van der Waals surface area contributed by atoms with Crippen LogP contribution < -0.4 is 4.74 Å². The molecular weight excluding hydrogens is 401 g/mol. The molecule has 1 aliphatic heterocycles. The number of ketones is 1. The van der Waals surface area contributed by atoms with Gasteiger partial charge in [0.25, 0.3) is 5.91 Å². The lowest BCUT2D eigenvalue weighted by Crippen LogP contribution is -2.32. The average molecular weight is 423 g/mol. The number of rotatable bonds is 7. The summed E-state index contributed by atoms with van der Waals surface area (Å²) in [5.74, 6) is -1.81. The normalized spacial score (nSPS) is 16.4. The summed E-state index contributed by atoms with van der Waals surface area (Å²) < 4.78 is 24.5. The predicted octanol–water partition coefficient (Wildman–Crippen LogP) is 4.96. The molecule has 6 nitrogen and oxygen atoms in total. The molecule has 1 aliphatic rings. The number of hydrogen-bond donors (Lipinski definition) is 1. The number of unbranched alkanes of at least 4 members (excludes halogenated alkanes) is 1. The second kappa shape index (κ2) is 8.26. The molecule has 2 aromatic carbocycles. The molecule has 3 aromatic rings. The molecule has 1 atom stereocenters. The van der Waals surface area contributed by atoms with Gasteiger partial charge in [0.05, 0.1) is 18.7 Å². The molecule has 0 saturated heterocycles. The summed E-state index contributed by atoms with van der Waals surface area (Å²) in [5.41, 5.74) is 0.858. The molecule has 1 unspecified atom stereocenters. The van der Waals surface area contributed by atoms with Gasteiger partial charge >= 0.3 is 0 Å². The smallest absolute Gasteiger partial charge is 0.290 e. The Morgan fingerprint density at radius 2 is 1.97 bits per heavy atom. The fraction of sp³-hybridized carbons (Fsp3) is 0.250. The molecule has 1 N–H and O–H groups in total. The average Bonchev–Trinajstić information content (AvgIpc) is 3.32. The molecule has 1 amide bonds. The lowest BCUT2D eigenvalue weighted by molar-refractivity contribution is -0.129. The molecule has 0 radical (unpaired) electrons. The van der Waals surface area contributed by atoms with Crippen molar-refractivity contribution in [3.8, 4) is 5.75 Å². The SMILES string of the molecule is CCCCN1C(=O)C(O)=C(C(=O)c2cc3cccc(OC)c3o2)C1c1ccc(F)cc1. The molecule has 1 aromatic heterocycles. The Bertz CT molecular complexity index is 1180. The number of amides is 1. The van der Waals surface area contributed by atoms with Crippen LogP contribution in [0.5, 0.6) is 5.75 Å². The van der Waals surface area contributed by atoms with Crippen molar-refractivity contribution >= 4 is 22.7 Å². The third-order valence-corrected chi connectivity index (χ3v) is 5.44. The van der Waals surface area contributed by atoms with Crippen molar-refractivity contribution in [1.82, 2.24) is 4.90 Å². The first kappa shape index (κ1) is 20.7. The third kappa shape index (κ3) is 3.56. The molecule has 0 saturated carbocycles. The lowest BCUT2D eigenvalue weighted by atomic mass is 9.95. The fourth-order valence-electron chi connectivity index (χ4n) is 3.88. The van der Waals surface area contributed by atoms with Gasteiger partial charge in [-0.15, -0.1) is 0 Å². The number of carbonyl (C=O) groups excluding carboxylic acids is 2. The van der Waals surface area contributed by atoms with E-state index in [1.54, 1.807) is 24.3 Å². The highest BCUT2D eigenvalue weighted by molar-refractivity contribution is 6.16. The lowest BCUT2D eigenvalue weighted by Gasteiger charge is -2.26. The zero-order valence-corrected chi connectivity index (χ0v) is 17.2. The van der Waals surface area contributed by atoms with E-state index in [2.05, 4.69) is 0 Å². The van der Waals surface area contributed by atoms with Crippen molar-refractivity contribution in [3.63, 3.8) is 0 Å². The Balaban J connectivity index is 1.80. The second-order valence-electron chi connectivity index (χ2n) is 7.39. The first-order valence-corrected chi connectivity index (χ1v) is 10.1. The predicted molar refractivity (Wildman–Crippen MR) is 113 cm³/mol. The molecule has 0 fully saturated rings. The summed E-state index contributed by atoms with van der Waals surface area (Å²) in [7, 11) is 1.50. The second-order valence-corrected chi connectivity index (χ2v) is 7.39. The minimum absolute atomic E-state index is 0.0155. The van der Waals surface area contributed by atoms with Gasteiger partial charge in [0.2, 0.25) is 5.78 Å². The number of aliphatic hydroxyl groups is 1. The van der Waals surface area contributed by atoms with E-state index in [0.717, 1.165) is 6.42 Å². The fourth-order valence-corrected chi connectivity index (χ4v) is 3.88. The van der Waals surface area contributed by atoms with Gasteiger partial charge in [-0.1, -0.05) is 37.6 Å². The number of furan rings is 1. The van der Waals surface area contributed by atoms with Crippen molar-refractivity contribution in [2.75, 3.05) is 13.7 Å². The molecule has 0 aliphatic carbocycles. The van der Waals surface area contributed by atoms with Crippen LogP contribution in [0.25, 0.3) is 11.0 Å². The third-order valence-electron chi connectivity index (χ3n) is 5.44. The monoisotopic (exact) mass is 423 g/mol. The van der Waals surface area contributed by atoms with E-state index in [-0.39, 0.29) is 11.3 Å². The van der Waals surface area contributed by atoms with E-state index < -0.39 is 29.3 Å². The molecular formula is C24H22FNO5. The van der Waals surface area contributed by atoms with Gasteiger partial charge in [-0.2, -0.15) is 0 Å². The maximum absolute atomic E-state index is 13.5. The van der Waals surface area contributed by atoms with Crippen molar-refractivity contribution in [2.45, 2.75) is 25.8 Å². The standard InChI is InChI=1S/C24H22FNO5/c1-3-4-12-26-20(14-8-10-16(25)11-9-14)19(22(28)24(26)29)21(27)18-13-15-6-5-7-17(30-2)23(15)31-18/h5-11,13,20,28H,3-4,12H2,1-2H3. The van der Waals surface area contributed by atoms with Crippen LogP contribution in [0, 0.1) is 5.82 Å². The summed E-state index contributed by atoms with van der Waals surface area (Å²) in [6.45, 7) is 2.33. The molecule has 160 valence electrons. The molecule has 4 rings (SSSR count). The van der Waals surface area contributed by atoms with Crippen LogP contribution in [-0.4, -0.2) is 35.4 Å². The van der Waals surface area contributed by atoms with Crippen LogP contribution in [0.1, 0.15) is 41.9 Å². The number of carbonyl (C=O) groups is 2. The number of hydrogen-bond acceptors (Lipinski definition) is 5. The van der Waals surface area contributed by atoms with Gasteiger partial charge in [-0.3, -0.25) is 9.59 Å². The first-order valence-electron chi connectivity index (χ1n) is 10.1. The van der Waals surface area contributed by atoms with Crippen molar-refractivity contribution < 1.29 is 28.2 Å². The molecule has 0 bridgehead atoms. The van der Waals surface area contributed by atoms with Gasteiger partial charge in [0.15, 0.2) is 22.9 Å². The summed E-state index contributed by atoms with van der Waals surface area (Å²) in [4.78, 5) is 27.7. The van der Waals surface area contributed by atoms with Crippen LogP contribution in [0.15, 0.2) is 64.3 Å². The van der Waals surface area contributed by atoms with Gasteiger partial charge in [-0.05, 0) is 36.2 Å². The van der Waals surface area contributed by atoms with E-state index in [1.165, 1.54) is 36.3 Å². The van der Waals surface area contributed by atoms with E-state index >= 15 is 0 Å². The number of aliphatic hydroxyl groups excluding tert-OH is 1. The van der Waals surface area contributed by atoms with E-state index in [9.17, 15) is 19.1 Å². The zero-order valence-electron chi connectivity index (χ0n) is 17.2. The summed E-state index contributed by atoms with van der Waals surface area (Å²) in [6, 6.07) is 11.5. The van der Waals surface area contributed by atoms with Crippen molar-refractivity contribution in [3.05, 3.63) is 77.0 Å². The number of nitrogens with zero attached hydrogens (tertiary/aromatic N) is 1. The molecule has 0 spiro atoms. The maximum Gasteiger partial charge on any atom is 0.290 e. The largest absolute Gasteiger partial charge is 0.503 e. The number of halogens is 1. The van der Waals surface area contributed by atoms with Crippen molar-refractivity contribution in [1.29, 1.82) is 0 Å². The molecule has 2 heterocycles. The van der Waals surface area contributed by atoms with Crippen LogP contribution >= 0.6 is 0 Å². The minimum atomic E-state index is -0.831. The minimum Gasteiger partial charge on any atom is -0.503 e. The first-order chi connectivity index (χ1) is 15.0. The number of Topliss-reactive ketones (excluding diaryl/α,β-unsaturated/α-hetero) is 1. The van der Waals surface area contributed by atoms with Crippen molar-refractivity contribution in [2.24, 2.45) is 0 Å². The molecule has 31 heavy (non-hydrogen) atoms. The van der Waals surface area contributed by atoms with Gasteiger partial charge < -0.3 is 19.2 Å². The highest BCUT2D eigenvalue weighted by Crippen LogP contribution is 2.40. The highest BCUT2D eigenvalue weighted by Gasteiger charge is 2.44. The van der Waals surface area contributed by atoms with Crippen LogP contribution in [0.2, 0.25) is 0 Å². The topological polar surface area (TPSA) is 80.0 Å². The van der Waals surface area contributed by atoms with Gasteiger partial charge in [-0.25, -0.2) is 4.39 Å².